The zero-order valence-electron chi connectivity index (χ0n) is 10.7. The molecule has 5 nitrogen and oxygen atoms in total. The first-order valence-electron chi connectivity index (χ1n) is 5.99. The van der Waals surface area contributed by atoms with E-state index in [1.165, 1.54) is 12.1 Å². The summed E-state index contributed by atoms with van der Waals surface area (Å²) >= 11 is 3.32. The molecule has 108 valence electrons. The Morgan fingerprint density at radius 2 is 2.10 bits per heavy atom. The van der Waals surface area contributed by atoms with E-state index in [1.807, 2.05) is 0 Å². The summed E-state index contributed by atoms with van der Waals surface area (Å²) in [4.78, 5) is 11.0. The van der Waals surface area contributed by atoms with Gasteiger partial charge in [-0.15, -0.1) is 0 Å². The lowest BCUT2D eigenvalue weighted by Gasteiger charge is -2.13. The molecule has 0 heterocycles. The van der Waals surface area contributed by atoms with Crippen LogP contribution in [-0.2, 0) is 14.8 Å². The summed E-state index contributed by atoms with van der Waals surface area (Å²) in [5, 5.41) is 8.88. The van der Waals surface area contributed by atoms with Gasteiger partial charge in [-0.05, 0) is 37.1 Å². The highest BCUT2D eigenvalue weighted by atomic mass is 79.9. The lowest BCUT2D eigenvalue weighted by molar-refractivity contribution is -0.140. The molecule has 1 aromatic carbocycles. The Hall–Kier alpha value is -1.18. The number of carboxylic acid groups (broad SMARTS) is 1. The average molecular weight is 360 g/mol. The van der Waals surface area contributed by atoms with Gasteiger partial charge >= 0.3 is 5.97 Å². The van der Waals surface area contributed by atoms with Crippen LogP contribution in [-0.4, -0.2) is 25.5 Å². The molecule has 0 spiro atoms. The van der Waals surface area contributed by atoms with Crippen molar-refractivity contribution in [2.24, 2.45) is 5.92 Å². The van der Waals surface area contributed by atoms with Crippen LogP contribution in [0.25, 0.3) is 0 Å². The smallest absolute Gasteiger partial charge is 0.310 e. The third-order valence-corrected chi connectivity index (χ3v) is 5.52. The highest BCUT2D eigenvalue weighted by molar-refractivity contribution is 9.10. The molecule has 2 unspecified atom stereocenters. The number of carboxylic acids is 1. The van der Waals surface area contributed by atoms with Gasteiger partial charge in [0.25, 0.3) is 0 Å². The van der Waals surface area contributed by atoms with Crippen molar-refractivity contribution in [1.82, 2.24) is 4.72 Å². The van der Waals surface area contributed by atoms with Crippen LogP contribution in [0, 0.1) is 12.8 Å². The second kappa shape index (κ2) is 5.67. The maximum absolute atomic E-state index is 12.2. The number of aryl methyl sites for hydroxylation is 1. The number of rotatable bonds is 4. The van der Waals surface area contributed by atoms with E-state index in [0.29, 0.717) is 0 Å². The van der Waals surface area contributed by atoms with Crippen molar-refractivity contribution >= 4 is 31.9 Å². The minimum atomic E-state index is -3.65. The second-order valence-corrected chi connectivity index (χ2v) is 7.27. The van der Waals surface area contributed by atoms with E-state index in [1.54, 1.807) is 25.1 Å². The molecule has 2 rings (SSSR count). The van der Waals surface area contributed by atoms with E-state index < -0.39 is 28.0 Å². The Balaban J connectivity index is 2.14. The maximum Gasteiger partial charge on any atom is 0.310 e. The minimum absolute atomic E-state index is 0.172. The molecule has 2 N–H and O–H groups in total. The first-order chi connectivity index (χ1) is 9.29. The third-order valence-electron chi connectivity index (χ3n) is 3.15. The zero-order chi connectivity index (χ0) is 14.9. The molecule has 0 fully saturated rings. The molecule has 1 aliphatic rings. The van der Waals surface area contributed by atoms with Gasteiger partial charge in [0.15, 0.2) is 0 Å². The molecule has 1 aromatic rings. The topological polar surface area (TPSA) is 83.5 Å². The number of hydrogen-bond donors (Lipinski definition) is 2. The predicted molar refractivity (Wildman–Crippen MR) is 77.9 cm³/mol. The number of sulfonamides is 1. The highest BCUT2D eigenvalue weighted by Gasteiger charge is 2.28. The summed E-state index contributed by atoms with van der Waals surface area (Å²) in [5.74, 6) is -1.57. The van der Waals surface area contributed by atoms with Crippen LogP contribution < -0.4 is 4.72 Å². The molecule has 2 atom stereocenters. The van der Waals surface area contributed by atoms with Gasteiger partial charge in [-0.2, -0.15) is 0 Å². The van der Waals surface area contributed by atoms with Crippen LogP contribution in [0.15, 0.2) is 39.7 Å². The number of benzene rings is 1. The SMILES string of the molecule is Cc1cc(S(=O)(=O)NC2C=CC(C(=O)O)C2)ccc1Br. The zero-order valence-corrected chi connectivity index (χ0v) is 13.1. The van der Waals surface area contributed by atoms with Crippen molar-refractivity contribution in [3.05, 3.63) is 40.4 Å². The summed E-state index contributed by atoms with van der Waals surface area (Å²) in [7, 11) is -3.65. The van der Waals surface area contributed by atoms with E-state index in [0.717, 1.165) is 10.0 Å². The Morgan fingerprint density at radius 3 is 2.65 bits per heavy atom. The fraction of sp³-hybridized carbons (Fsp3) is 0.308. The fourth-order valence-corrected chi connectivity index (χ4v) is 3.56. The number of aliphatic carboxylic acids is 1. The van der Waals surface area contributed by atoms with Gasteiger partial charge in [0, 0.05) is 10.5 Å². The van der Waals surface area contributed by atoms with Gasteiger partial charge in [0.1, 0.15) is 0 Å². The van der Waals surface area contributed by atoms with Gasteiger partial charge in [-0.25, -0.2) is 13.1 Å². The number of halogens is 1. The molecule has 0 amide bonds. The van der Waals surface area contributed by atoms with Crippen molar-refractivity contribution in [1.29, 1.82) is 0 Å². The molecule has 1 aliphatic carbocycles. The molecular formula is C13H14BrNO4S. The summed E-state index contributed by atoms with van der Waals surface area (Å²) in [5.41, 5.74) is 0.818. The lowest BCUT2D eigenvalue weighted by atomic mass is 10.1. The van der Waals surface area contributed by atoms with E-state index in [2.05, 4.69) is 20.7 Å². The van der Waals surface area contributed by atoms with Gasteiger partial charge in [0.05, 0.1) is 10.8 Å². The first-order valence-corrected chi connectivity index (χ1v) is 8.27. The number of carbonyl (C=O) groups is 1. The Morgan fingerprint density at radius 1 is 1.40 bits per heavy atom. The Labute approximate surface area is 125 Å². The fourth-order valence-electron chi connectivity index (χ4n) is 2.02. The van der Waals surface area contributed by atoms with Crippen molar-refractivity contribution in [3.8, 4) is 0 Å². The van der Waals surface area contributed by atoms with Gasteiger partial charge in [-0.1, -0.05) is 28.1 Å². The van der Waals surface area contributed by atoms with Crippen LogP contribution in [0.4, 0.5) is 0 Å². The van der Waals surface area contributed by atoms with E-state index in [9.17, 15) is 13.2 Å². The lowest BCUT2D eigenvalue weighted by Crippen LogP contribution is -2.33. The standard InChI is InChI=1S/C13H14BrNO4S/c1-8-6-11(4-5-12(8)14)20(18,19)15-10-3-2-9(7-10)13(16)17/h2-6,9-10,15H,7H2,1H3,(H,16,17). The van der Waals surface area contributed by atoms with E-state index in [4.69, 9.17) is 5.11 Å². The predicted octanol–water partition coefficient (Wildman–Crippen LogP) is 2.07. The van der Waals surface area contributed by atoms with Crippen LogP contribution in [0.3, 0.4) is 0 Å². The Kier molecular flexibility index (Phi) is 4.31. The van der Waals surface area contributed by atoms with Gasteiger partial charge in [-0.3, -0.25) is 4.79 Å². The molecule has 0 saturated carbocycles. The Bertz CT molecular complexity index is 669. The maximum atomic E-state index is 12.2. The first kappa shape index (κ1) is 15.2. The van der Waals surface area contributed by atoms with Crippen LogP contribution in [0.2, 0.25) is 0 Å². The van der Waals surface area contributed by atoms with Crippen LogP contribution in [0.1, 0.15) is 12.0 Å². The molecule has 0 aromatic heterocycles. The average Bonchev–Trinajstić information content (AvgIpc) is 2.80. The van der Waals surface area contributed by atoms with Gasteiger partial charge in [0.2, 0.25) is 10.0 Å². The molecular weight excluding hydrogens is 346 g/mol. The van der Waals surface area contributed by atoms with E-state index >= 15 is 0 Å². The summed E-state index contributed by atoms with van der Waals surface area (Å²) < 4.78 is 27.8. The van der Waals surface area contributed by atoms with Gasteiger partial charge < -0.3 is 5.11 Å². The molecule has 7 heteroatoms. The molecule has 0 aliphatic heterocycles. The molecule has 0 bridgehead atoms. The molecule has 20 heavy (non-hydrogen) atoms. The normalized spacial score (nSPS) is 22.1. The minimum Gasteiger partial charge on any atom is -0.481 e. The summed E-state index contributed by atoms with van der Waals surface area (Å²) in [6.45, 7) is 1.80. The van der Waals surface area contributed by atoms with Crippen LogP contribution in [0.5, 0.6) is 0 Å². The second-order valence-electron chi connectivity index (χ2n) is 4.70. The molecule has 0 radical (unpaired) electrons. The summed E-state index contributed by atoms with van der Waals surface area (Å²) in [6, 6.07) is 4.27. The molecule has 0 saturated heterocycles. The summed E-state index contributed by atoms with van der Waals surface area (Å²) in [6.07, 6.45) is 3.34. The van der Waals surface area contributed by atoms with Crippen molar-refractivity contribution in [2.75, 3.05) is 0 Å². The quantitative estimate of drug-likeness (QED) is 0.806. The number of nitrogens with one attached hydrogen (secondary N) is 1. The highest BCUT2D eigenvalue weighted by Crippen LogP contribution is 2.23. The van der Waals surface area contributed by atoms with Crippen molar-refractivity contribution in [2.45, 2.75) is 24.3 Å². The number of hydrogen-bond acceptors (Lipinski definition) is 3. The van der Waals surface area contributed by atoms with Crippen molar-refractivity contribution < 1.29 is 18.3 Å². The monoisotopic (exact) mass is 359 g/mol. The third kappa shape index (κ3) is 3.28. The largest absolute Gasteiger partial charge is 0.481 e. The van der Waals surface area contributed by atoms with Crippen LogP contribution >= 0.6 is 15.9 Å². The van der Waals surface area contributed by atoms with E-state index in [-0.39, 0.29) is 11.3 Å². The van der Waals surface area contributed by atoms with Crippen molar-refractivity contribution in [3.63, 3.8) is 0 Å².